The second kappa shape index (κ2) is 5.82. The molecule has 1 aromatic rings. The molecule has 0 unspecified atom stereocenters. The third-order valence-corrected chi connectivity index (χ3v) is 2.40. The summed E-state index contributed by atoms with van der Waals surface area (Å²) in [6.07, 6.45) is -0.513. The summed E-state index contributed by atoms with van der Waals surface area (Å²) in [5.74, 6) is 1.29. The van der Waals surface area contributed by atoms with Crippen LogP contribution in [0.2, 0.25) is 0 Å². The third kappa shape index (κ3) is 4.35. The molecule has 1 N–H and O–H groups in total. The minimum atomic E-state index is -0.539. The minimum Gasteiger partial charge on any atom is -0.496 e. The van der Waals surface area contributed by atoms with E-state index >= 15 is 0 Å². The van der Waals surface area contributed by atoms with Crippen LogP contribution >= 0.6 is 0 Å². The van der Waals surface area contributed by atoms with Crippen molar-refractivity contribution in [2.24, 2.45) is 0 Å². The molecule has 0 fully saturated rings. The van der Waals surface area contributed by atoms with Crippen LogP contribution in [0.25, 0.3) is 0 Å². The van der Waals surface area contributed by atoms with E-state index in [1.165, 1.54) is 0 Å². The molecule has 0 saturated carbocycles. The Kier molecular flexibility index (Phi) is 4.64. The maximum Gasteiger partial charge on any atom is 0.412 e. The number of carbonyl (C=O) groups excluding carboxylic acids is 1. The van der Waals surface area contributed by atoms with E-state index in [1.54, 1.807) is 26.4 Å². The topological polar surface area (TPSA) is 56.8 Å². The van der Waals surface area contributed by atoms with Crippen LogP contribution in [0.15, 0.2) is 12.1 Å². The Balaban J connectivity index is 2.93. The number of nitrogens with one attached hydrogen (secondary N) is 1. The highest BCUT2D eigenvalue weighted by atomic mass is 16.6. The number of anilines is 1. The van der Waals surface area contributed by atoms with Gasteiger partial charge in [0.05, 0.1) is 19.9 Å². The molecule has 0 aromatic heterocycles. The van der Waals surface area contributed by atoms with E-state index in [0.29, 0.717) is 17.2 Å². The van der Waals surface area contributed by atoms with Gasteiger partial charge < -0.3 is 14.2 Å². The number of rotatable bonds is 3. The van der Waals surface area contributed by atoms with Gasteiger partial charge in [0.15, 0.2) is 0 Å². The molecule has 1 rings (SSSR count). The molecule has 0 heterocycles. The Morgan fingerprint density at radius 1 is 1.11 bits per heavy atom. The SMILES string of the molecule is COc1cc(NC(=O)OC(C)(C)C)cc(OC)c1C. The van der Waals surface area contributed by atoms with E-state index in [1.807, 2.05) is 27.7 Å². The van der Waals surface area contributed by atoms with Crippen LogP contribution in [-0.4, -0.2) is 25.9 Å². The van der Waals surface area contributed by atoms with E-state index in [4.69, 9.17) is 14.2 Å². The van der Waals surface area contributed by atoms with Crippen molar-refractivity contribution in [2.45, 2.75) is 33.3 Å². The summed E-state index contributed by atoms with van der Waals surface area (Å²) >= 11 is 0. The van der Waals surface area contributed by atoms with Crippen LogP contribution < -0.4 is 14.8 Å². The Bertz CT molecular complexity index is 438. The number of ether oxygens (including phenoxy) is 3. The molecule has 106 valence electrons. The molecule has 1 amide bonds. The summed E-state index contributed by atoms with van der Waals surface area (Å²) in [5.41, 5.74) is 0.899. The molecule has 19 heavy (non-hydrogen) atoms. The number of benzene rings is 1. The van der Waals surface area contributed by atoms with Crippen molar-refractivity contribution < 1.29 is 19.0 Å². The summed E-state index contributed by atoms with van der Waals surface area (Å²) in [7, 11) is 3.14. The van der Waals surface area contributed by atoms with Crippen LogP contribution in [0.4, 0.5) is 10.5 Å². The number of methoxy groups -OCH3 is 2. The second-order valence-electron chi connectivity index (χ2n) is 5.13. The van der Waals surface area contributed by atoms with Gasteiger partial charge in [-0.1, -0.05) is 0 Å². The lowest BCUT2D eigenvalue weighted by Gasteiger charge is -2.20. The zero-order valence-electron chi connectivity index (χ0n) is 12.3. The standard InChI is InChI=1S/C14H21NO4/c1-9-11(17-5)7-10(8-12(9)18-6)15-13(16)19-14(2,3)4/h7-8H,1-6H3,(H,15,16). The predicted octanol–water partition coefficient (Wildman–Crippen LogP) is 3.36. The van der Waals surface area contributed by atoms with Crippen LogP contribution in [-0.2, 0) is 4.74 Å². The average Bonchev–Trinajstić information content (AvgIpc) is 2.28. The summed E-state index contributed by atoms with van der Waals surface area (Å²) in [6.45, 7) is 7.31. The fourth-order valence-electron chi connectivity index (χ4n) is 1.58. The molecule has 0 bridgehead atoms. The summed E-state index contributed by atoms with van der Waals surface area (Å²) in [5, 5.41) is 2.65. The highest BCUT2D eigenvalue weighted by Crippen LogP contribution is 2.32. The highest BCUT2D eigenvalue weighted by molar-refractivity contribution is 5.85. The molecule has 5 nitrogen and oxygen atoms in total. The largest absolute Gasteiger partial charge is 0.496 e. The molecule has 0 aliphatic heterocycles. The van der Waals surface area contributed by atoms with Crippen molar-refractivity contribution in [1.82, 2.24) is 0 Å². The molecule has 0 spiro atoms. The predicted molar refractivity (Wildman–Crippen MR) is 74.1 cm³/mol. The first-order valence-electron chi connectivity index (χ1n) is 5.99. The summed E-state index contributed by atoms with van der Waals surface area (Å²) in [4.78, 5) is 11.7. The highest BCUT2D eigenvalue weighted by Gasteiger charge is 2.17. The Morgan fingerprint density at radius 2 is 1.58 bits per heavy atom. The fraction of sp³-hybridized carbons (Fsp3) is 0.500. The average molecular weight is 267 g/mol. The van der Waals surface area contributed by atoms with Gasteiger partial charge in [0.1, 0.15) is 17.1 Å². The van der Waals surface area contributed by atoms with Gasteiger partial charge >= 0.3 is 6.09 Å². The van der Waals surface area contributed by atoms with Gasteiger partial charge in [-0.2, -0.15) is 0 Å². The van der Waals surface area contributed by atoms with Crippen molar-refractivity contribution in [3.63, 3.8) is 0 Å². The maximum atomic E-state index is 11.7. The van der Waals surface area contributed by atoms with E-state index in [9.17, 15) is 4.79 Å². The van der Waals surface area contributed by atoms with Gasteiger partial charge in [-0.05, 0) is 27.7 Å². The van der Waals surface area contributed by atoms with Crippen LogP contribution in [0.3, 0.4) is 0 Å². The molecular weight excluding hydrogens is 246 g/mol. The van der Waals surface area contributed by atoms with Crippen molar-refractivity contribution in [2.75, 3.05) is 19.5 Å². The van der Waals surface area contributed by atoms with Crippen molar-refractivity contribution in [3.8, 4) is 11.5 Å². The normalized spacial score (nSPS) is 10.8. The second-order valence-corrected chi connectivity index (χ2v) is 5.13. The van der Waals surface area contributed by atoms with Gasteiger partial charge in [0.2, 0.25) is 0 Å². The number of amides is 1. The summed E-state index contributed by atoms with van der Waals surface area (Å²) < 4.78 is 15.7. The monoisotopic (exact) mass is 267 g/mol. The Hall–Kier alpha value is -1.91. The molecule has 0 radical (unpaired) electrons. The minimum absolute atomic E-state index is 0.513. The molecule has 1 aromatic carbocycles. The van der Waals surface area contributed by atoms with Gasteiger partial charge in [-0.3, -0.25) is 5.32 Å². The Morgan fingerprint density at radius 3 is 1.95 bits per heavy atom. The van der Waals surface area contributed by atoms with Crippen molar-refractivity contribution in [3.05, 3.63) is 17.7 Å². The van der Waals surface area contributed by atoms with Crippen molar-refractivity contribution >= 4 is 11.8 Å². The lowest BCUT2D eigenvalue weighted by molar-refractivity contribution is 0.0636. The van der Waals surface area contributed by atoms with Gasteiger partial charge in [0, 0.05) is 17.7 Å². The van der Waals surface area contributed by atoms with Crippen LogP contribution in [0.5, 0.6) is 11.5 Å². The first-order valence-corrected chi connectivity index (χ1v) is 5.99. The molecule has 5 heteroatoms. The van der Waals surface area contributed by atoms with Gasteiger partial charge in [0.25, 0.3) is 0 Å². The van der Waals surface area contributed by atoms with Crippen molar-refractivity contribution in [1.29, 1.82) is 0 Å². The molecule has 0 aliphatic rings. The molecule has 0 saturated heterocycles. The first-order chi connectivity index (χ1) is 8.76. The fourth-order valence-corrected chi connectivity index (χ4v) is 1.58. The third-order valence-electron chi connectivity index (χ3n) is 2.40. The van der Waals surface area contributed by atoms with E-state index in [-0.39, 0.29) is 0 Å². The smallest absolute Gasteiger partial charge is 0.412 e. The Labute approximate surface area is 113 Å². The molecule has 0 atom stereocenters. The quantitative estimate of drug-likeness (QED) is 0.912. The van der Waals surface area contributed by atoms with Gasteiger partial charge in [-0.15, -0.1) is 0 Å². The number of hydrogen-bond acceptors (Lipinski definition) is 4. The van der Waals surface area contributed by atoms with E-state index in [2.05, 4.69) is 5.32 Å². The molecular formula is C14H21NO4. The summed E-state index contributed by atoms with van der Waals surface area (Å²) in [6, 6.07) is 3.45. The van der Waals surface area contributed by atoms with E-state index in [0.717, 1.165) is 5.56 Å². The lowest BCUT2D eigenvalue weighted by Crippen LogP contribution is -2.27. The number of carbonyl (C=O) groups is 1. The van der Waals surface area contributed by atoms with E-state index < -0.39 is 11.7 Å². The first kappa shape index (κ1) is 15.1. The van der Waals surface area contributed by atoms with Gasteiger partial charge in [-0.25, -0.2) is 4.79 Å². The van der Waals surface area contributed by atoms with Crippen LogP contribution in [0.1, 0.15) is 26.3 Å². The number of hydrogen-bond donors (Lipinski definition) is 1. The molecule has 0 aliphatic carbocycles. The lowest BCUT2D eigenvalue weighted by atomic mass is 10.1. The zero-order chi connectivity index (χ0) is 14.6. The van der Waals surface area contributed by atoms with Crippen LogP contribution in [0, 0.1) is 6.92 Å². The maximum absolute atomic E-state index is 11.7. The zero-order valence-corrected chi connectivity index (χ0v) is 12.3.